The van der Waals surface area contributed by atoms with Crippen LogP contribution in [-0.2, 0) is 6.61 Å². The van der Waals surface area contributed by atoms with Crippen molar-refractivity contribution >= 4 is 34.1 Å². The van der Waals surface area contributed by atoms with Gasteiger partial charge in [0, 0.05) is 18.9 Å². The zero-order valence-corrected chi connectivity index (χ0v) is 18.6. The molecule has 0 saturated carbocycles. The van der Waals surface area contributed by atoms with Crippen LogP contribution in [0.5, 0.6) is 5.88 Å². The number of fused-ring (bicyclic) bond motifs is 1. The number of unbranched alkanes of at least 4 members (excludes halogenated alkanes) is 1. The van der Waals surface area contributed by atoms with E-state index in [1.54, 1.807) is 0 Å². The van der Waals surface area contributed by atoms with Gasteiger partial charge in [-0.3, -0.25) is 10.1 Å². The first-order valence-electron chi connectivity index (χ1n) is 10.7. The highest BCUT2D eigenvalue weighted by atomic mass is 32.1. The van der Waals surface area contributed by atoms with E-state index in [1.165, 1.54) is 25.9 Å². The first-order chi connectivity index (χ1) is 15.6. The number of carbonyl (C=O) groups excluding carboxylic acids is 2. The van der Waals surface area contributed by atoms with E-state index in [0.29, 0.717) is 12.2 Å². The van der Waals surface area contributed by atoms with Crippen LogP contribution in [0.1, 0.15) is 41.7 Å². The molecule has 3 amide bonds. The lowest BCUT2D eigenvalue weighted by atomic mass is 10.3. The van der Waals surface area contributed by atoms with Crippen molar-refractivity contribution in [3.8, 4) is 5.88 Å². The van der Waals surface area contributed by atoms with Crippen LogP contribution in [-0.4, -0.2) is 56.8 Å². The van der Waals surface area contributed by atoms with Crippen LogP contribution in [0.25, 0.3) is 5.65 Å². The fourth-order valence-electron chi connectivity index (χ4n) is 3.69. The highest BCUT2D eigenvalue weighted by molar-refractivity contribution is 7.11. The van der Waals surface area contributed by atoms with E-state index >= 15 is 0 Å². The van der Waals surface area contributed by atoms with Crippen LogP contribution in [0.3, 0.4) is 0 Å². The maximum absolute atomic E-state index is 12.2. The molecule has 1 aliphatic rings. The average Bonchev–Trinajstić information content (AvgIpc) is 3.51. The first-order valence-corrected chi connectivity index (χ1v) is 11.5. The van der Waals surface area contributed by atoms with Crippen LogP contribution in [0.2, 0.25) is 0 Å². The lowest BCUT2D eigenvalue weighted by molar-refractivity contribution is 0.0996. The number of aromatic nitrogens is 3. The molecule has 11 heteroatoms. The minimum absolute atomic E-state index is 0.0583. The quantitative estimate of drug-likeness (QED) is 0.402. The van der Waals surface area contributed by atoms with Crippen molar-refractivity contribution in [1.82, 2.24) is 24.0 Å². The van der Waals surface area contributed by atoms with Gasteiger partial charge in [0.1, 0.15) is 22.8 Å². The average molecular weight is 458 g/mol. The highest BCUT2D eigenvalue weighted by Crippen LogP contribution is 2.30. The van der Waals surface area contributed by atoms with Gasteiger partial charge in [-0.15, -0.1) is 0 Å². The van der Waals surface area contributed by atoms with Gasteiger partial charge >= 0.3 is 6.03 Å². The number of hydrogen-bond donors (Lipinski definition) is 3. The summed E-state index contributed by atoms with van der Waals surface area (Å²) in [4.78, 5) is 31.1. The minimum atomic E-state index is -0.718. The SMILES string of the molecule is NC(=O)c1c(OCc2cn3ccccc3n2)nsc1NC(=O)NCCCCN1CCCC1. The molecule has 3 aromatic heterocycles. The minimum Gasteiger partial charge on any atom is -0.470 e. The molecule has 0 bridgehead atoms. The molecule has 4 N–H and O–H groups in total. The Bertz CT molecular complexity index is 1040. The second kappa shape index (κ2) is 10.4. The third-order valence-corrected chi connectivity index (χ3v) is 6.04. The predicted molar refractivity (Wildman–Crippen MR) is 122 cm³/mol. The Kier molecular flexibility index (Phi) is 7.17. The number of hydrogen-bond acceptors (Lipinski definition) is 7. The van der Waals surface area contributed by atoms with E-state index in [-0.39, 0.29) is 23.1 Å². The van der Waals surface area contributed by atoms with Crippen molar-refractivity contribution in [1.29, 1.82) is 0 Å². The number of urea groups is 1. The third-order valence-electron chi connectivity index (χ3n) is 5.29. The van der Waals surface area contributed by atoms with Gasteiger partial charge in [-0.2, -0.15) is 4.37 Å². The molecule has 4 heterocycles. The number of rotatable bonds is 10. The van der Waals surface area contributed by atoms with Gasteiger partial charge in [-0.1, -0.05) is 6.07 Å². The summed E-state index contributed by atoms with van der Waals surface area (Å²) in [6.07, 6.45) is 8.21. The molecular formula is C21H27N7O3S. The number of imidazole rings is 1. The largest absolute Gasteiger partial charge is 0.470 e. The van der Waals surface area contributed by atoms with E-state index < -0.39 is 11.9 Å². The summed E-state index contributed by atoms with van der Waals surface area (Å²) in [7, 11) is 0. The number of primary amides is 1. The zero-order chi connectivity index (χ0) is 22.3. The molecule has 1 fully saturated rings. The van der Waals surface area contributed by atoms with Crippen LogP contribution < -0.4 is 21.1 Å². The van der Waals surface area contributed by atoms with Crippen LogP contribution in [0, 0.1) is 0 Å². The Hall–Kier alpha value is -3.18. The van der Waals surface area contributed by atoms with E-state index in [1.807, 2.05) is 35.0 Å². The van der Waals surface area contributed by atoms with Crippen molar-refractivity contribution < 1.29 is 14.3 Å². The summed E-state index contributed by atoms with van der Waals surface area (Å²) in [5.74, 6) is -0.634. The standard InChI is InChI=1S/C21H27N7O3S/c22-18(29)17-19(31-14-15-13-28-12-3-1-7-16(28)24-15)26-32-20(17)25-21(30)23-8-2-4-9-27-10-5-6-11-27/h1,3,7,12-13H,2,4-6,8-11,14H2,(H2,22,29)(H2,23,25,30). The molecular weight excluding hydrogens is 430 g/mol. The molecule has 170 valence electrons. The van der Waals surface area contributed by atoms with Crippen molar-refractivity contribution in [2.75, 3.05) is 31.5 Å². The summed E-state index contributed by atoms with van der Waals surface area (Å²) >= 11 is 0.953. The molecule has 3 aromatic rings. The van der Waals surface area contributed by atoms with Gasteiger partial charge in [0.05, 0.1) is 5.69 Å². The first kappa shape index (κ1) is 22.0. The second-order valence-electron chi connectivity index (χ2n) is 7.68. The van der Waals surface area contributed by atoms with Gasteiger partial charge in [-0.05, 0) is 69.0 Å². The normalized spacial score (nSPS) is 14.0. The maximum Gasteiger partial charge on any atom is 0.319 e. The third kappa shape index (κ3) is 5.54. The summed E-state index contributed by atoms with van der Waals surface area (Å²) in [5.41, 5.74) is 7.05. The molecule has 1 saturated heterocycles. The number of nitrogens with two attached hydrogens (primary N) is 1. The highest BCUT2D eigenvalue weighted by Gasteiger charge is 2.22. The molecule has 0 spiro atoms. The Morgan fingerprint density at radius 1 is 1.22 bits per heavy atom. The number of pyridine rings is 1. The summed E-state index contributed by atoms with van der Waals surface area (Å²) < 4.78 is 11.7. The lowest BCUT2D eigenvalue weighted by Gasteiger charge is -2.14. The molecule has 32 heavy (non-hydrogen) atoms. The molecule has 10 nitrogen and oxygen atoms in total. The number of likely N-dealkylation sites (tertiary alicyclic amines) is 1. The summed E-state index contributed by atoms with van der Waals surface area (Å²) in [6, 6.07) is 5.29. The van der Waals surface area contributed by atoms with Gasteiger partial charge in [0.2, 0.25) is 5.88 Å². The van der Waals surface area contributed by atoms with Crippen LogP contribution in [0.4, 0.5) is 9.80 Å². The van der Waals surface area contributed by atoms with Crippen molar-refractivity contribution in [2.24, 2.45) is 5.73 Å². The molecule has 0 aliphatic carbocycles. The Balaban J connectivity index is 1.28. The van der Waals surface area contributed by atoms with Gasteiger partial charge < -0.3 is 25.1 Å². The van der Waals surface area contributed by atoms with Crippen molar-refractivity contribution in [3.63, 3.8) is 0 Å². The molecule has 0 radical (unpaired) electrons. The number of nitrogens with one attached hydrogen (secondary N) is 2. The van der Waals surface area contributed by atoms with Crippen molar-refractivity contribution in [2.45, 2.75) is 32.3 Å². The van der Waals surface area contributed by atoms with Gasteiger partial charge in [0.25, 0.3) is 5.91 Å². The van der Waals surface area contributed by atoms with E-state index in [9.17, 15) is 9.59 Å². The molecule has 0 atom stereocenters. The van der Waals surface area contributed by atoms with E-state index in [0.717, 1.165) is 36.6 Å². The summed E-state index contributed by atoms with van der Waals surface area (Å²) in [5, 5.41) is 5.73. The fraction of sp³-hybridized carbons (Fsp3) is 0.429. The lowest BCUT2D eigenvalue weighted by Crippen LogP contribution is -2.30. The Labute approximate surface area is 189 Å². The van der Waals surface area contributed by atoms with E-state index in [4.69, 9.17) is 10.5 Å². The zero-order valence-electron chi connectivity index (χ0n) is 17.7. The number of carbonyl (C=O) groups is 2. The number of amides is 3. The van der Waals surface area contributed by atoms with E-state index in [2.05, 4.69) is 24.9 Å². The van der Waals surface area contributed by atoms with Gasteiger partial charge in [0.15, 0.2) is 0 Å². The summed E-state index contributed by atoms with van der Waals surface area (Å²) in [6.45, 7) is 4.10. The number of anilines is 1. The molecule has 1 aliphatic heterocycles. The number of ether oxygens (including phenoxy) is 1. The topological polar surface area (TPSA) is 127 Å². The smallest absolute Gasteiger partial charge is 0.319 e. The van der Waals surface area contributed by atoms with Crippen molar-refractivity contribution in [3.05, 3.63) is 41.9 Å². The fourth-order valence-corrected chi connectivity index (χ4v) is 4.43. The number of nitrogens with zero attached hydrogens (tertiary/aromatic N) is 4. The van der Waals surface area contributed by atoms with Gasteiger partial charge in [-0.25, -0.2) is 9.78 Å². The van der Waals surface area contributed by atoms with Crippen LogP contribution in [0.15, 0.2) is 30.6 Å². The molecule has 0 unspecified atom stereocenters. The molecule has 4 rings (SSSR count). The monoisotopic (exact) mass is 457 g/mol. The Morgan fingerprint density at radius 2 is 2.06 bits per heavy atom. The maximum atomic E-state index is 12.2. The van der Waals surface area contributed by atoms with Crippen LogP contribution >= 0.6 is 11.5 Å². The predicted octanol–water partition coefficient (Wildman–Crippen LogP) is 2.47. The molecule has 0 aromatic carbocycles. The Morgan fingerprint density at radius 3 is 2.84 bits per heavy atom. The second-order valence-corrected chi connectivity index (χ2v) is 8.45.